The van der Waals surface area contributed by atoms with E-state index in [1.54, 1.807) is 0 Å². The van der Waals surface area contributed by atoms with Gasteiger partial charge in [0.25, 0.3) is 0 Å². The molecule has 1 N–H and O–H groups in total. The summed E-state index contributed by atoms with van der Waals surface area (Å²) in [6.45, 7) is 9.51. The van der Waals surface area contributed by atoms with Crippen LogP contribution in [0.1, 0.15) is 12.5 Å². The van der Waals surface area contributed by atoms with Crippen molar-refractivity contribution in [3.8, 4) is 0 Å². The molecule has 3 rings (SSSR count). The Labute approximate surface area is 115 Å². The number of likely N-dealkylation sites (N-methyl/N-ethyl adjacent to an activating group) is 1. The van der Waals surface area contributed by atoms with Crippen LogP contribution in [0.5, 0.6) is 0 Å². The first-order valence-electron chi connectivity index (χ1n) is 7.36. The number of aromatic amines is 1. The summed E-state index contributed by atoms with van der Waals surface area (Å²) in [5.74, 6) is 0. The van der Waals surface area contributed by atoms with Gasteiger partial charge in [0.15, 0.2) is 0 Å². The summed E-state index contributed by atoms with van der Waals surface area (Å²) >= 11 is 0. The zero-order valence-electron chi connectivity index (χ0n) is 11.7. The highest BCUT2D eigenvalue weighted by Gasteiger charge is 2.15. The van der Waals surface area contributed by atoms with Gasteiger partial charge in [-0.3, -0.25) is 0 Å². The highest BCUT2D eigenvalue weighted by molar-refractivity contribution is 5.83. The van der Waals surface area contributed by atoms with Crippen molar-refractivity contribution in [1.29, 1.82) is 0 Å². The maximum Gasteiger partial charge on any atom is 0.0456 e. The van der Waals surface area contributed by atoms with Crippen LogP contribution in [0.25, 0.3) is 10.9 Å². The van der Waals surface area contributed by atoms with E-state index in [4.69, 9.17) is 0 Å². The number of fused-ring (bicyclic) bond motifs is 1. The number of hydrogen-bond acceptors (Lipinski definition) is 2. The Morgan fingerprint density at radius 1 is 1.05 bits per heavy atom. The quantitative estimate of drug-likeness (QED) is 0.908. The van der Waals surface area contributed by atoms with Crippen LogP contribution >= 0.6 is 0 Å². The van der Waals surface area contributed by atoms with E-state index in [2.05, 4.69) is 52.2 Å². The zero-order valence-corrected chi connectivity index (χ0v) is 11.7. The molecule has 0 unspecified atom stereocenters. The number of para-hydroxylation sites is 1. The lowest BCUT2D eigenvalue weighted by molar-refractivity contribution is 0.138. The van der Waals surface area contributed by atoms with Gasteiger partial charge in [-0.15, -0.1) is 0 Å². The van der Waals surface area contributed by atoms with Crippen LogP contribution in [0.15, 0.2) is 30.5 Å². The molecule has 1 aromatic heterocycles. The van der Waals surface area contributed by atoms with Crippen LogP contribution in [0, 0.1) is 0 Å². The van der Waals surface area contributed by atoms with Crippen LogP contribution in [-0.4, -0.2) is 54.1 Å². The molecule has 1 aromatic carbocycles. The molecule has 1 aliphatic heterocycles. The average molecular weight is 257 g/mol. The predicted octanol–water partition coefficient (Wildman–Crippen LogP) is 2.35. The number of nitrogens with zero attached hydrogens (tertiary/aromatic N) is 2. The monoisotopic (exact) mass is 257 g/mol. The van der Waals surface area contributed by atoms with E-state index in [1.807, 2.05) is 0 Å². The summed E-state index contributed by atoms with van der Waals surface area (Å²) in [4.78, 5) is 8.49. The normalized spacial score (nSPS) is 18.2. The van der Waals surface area contributed by atoms with Gasteiger partial charge in [0, 0.05) is 49.8 Å². The van der Waals surface area contributed by atoms with Crippen LogP contribution in [0.3, 0.4) is 0 Å². The smallest absolute Gasteiger partial charge is 0.0456 e. The Kier molecular flexibility index (Phi) is 3.85. The van der Waals surface area contributed by atoms with Crippen molar-refractivity contribution in [2.45, 2.75) is 13.3 Å². The highest BCUT2D eigenvalue weighted by atomic mass is 15.3. The molecule has 3 nitrogen and oxygen atoms in total. The van der Waals surface area contributed by atoms with Gasteiger partial charge in [-0.25, -0.2) is 0 Å². The number of H-pyrrole nitrogens is 1. The van der Waals surface area contributed by atoms with Crippen molar-refractivity contribution in [2.75, 3.05) is 39.3 Å². The first kappa shape index (κ1) is 12.7. The molecule has 3 heteroatoms. The molecule has 102 valence electrons. The highest BCUT2D eigenvalue weighted by Crippen LogP contribution is 2.18. The van der Waals surface area contributed by atoms with Gasteiger partial charge in [-0.1, -0.05) is 25.1 Å². The fraction of sp³-hybridized carbons (Fsp3) is 0.500. The summed E-state index contributed by atoms with van der Waals surface area (Å²) in [5, 5.41) is 1.38. The summed E-state index contributed by atoms with van der Waals surface area (Å²) < 4.78 is 0. The van der Waals surface area contributed by atoms with Crippen molar-refractivity contribution in [3.63, 3.8) is 0 Å². The standard InChI is InChI=1S/C16H23N3/c1-2-18-9-11-19(12-10-18)8-7-14-13-17-16-6-4-3-5-15(14)16/h3-6,13,17H,2,7-12H2,1H3. The van der Waals surface area contributed by atoms with Gasteiger partial charge in [0.2, 0.25) is 0 Å². The molecule has 0 bridgehead atoms. The van der Waals surface area contributed by atoms with Gasteiger partial charge < -0.3 is 14.8 Å². The number of aromatic nitrogens is 1. The Hall–Kier alpha value is -1.32. The summed E-state index contributed by atoms with van der Waals surface area (Å²) in [6, 6.07) is 8.58. The molecule has 19 heavy (non-hydrogen) atoms. The molecular weight excluding hydrogens is 234 g/mol. The summed E-state index contributed by atoms with van der Waals surface area (Å²) in [5.41, 5.74) is 2.71. The molecular formula is C16H23N3. The van der Waals surface area contributed by atoms with E-state index in [0.717, 1.165) is 6.42 Å². The molecule has 0 atom stereocenters. The molecule has 0 amide bonds. The van der Waals surface area contributed by atoms with Crippen molar-refractivity contribution in [2.24, 2.45) is 0 Å². The van der Waals surface area contributed by atoms with Crippen molar-refractivity contribution >= 4 is 10.9 Å². The van der Waals surface area contributed by atoms with Gasteiger partial charge in [-0.2, -0.15) is 0 Å². The van der Waals surface area contributed by atoms with E-state index < -0.39 is 0 Å². The summed E-state index contributed by atoms with van der Waals surface area (Å²) in [6.07, 6.45) is 3.32. The van der Waals surface area contributed by atoms with Crippen molar-refractivity contribution in [1.82, 2.24) is 14.8 Å². The average Bonchev–Trinajstić information content (AvgIpc) is 2.89. The molecule has 0 spiro atoms. The minimum absolute atomic E-state index is 1.15. The SMILES string of the molecule is CCN1CCN(CCc2c[nH]c3ccccc23)CC1. The van der Waals surface area contributed by atoms with Crippen molar-refractivity contribution < 1.29 is 0 Å². The molecule has 1 fully saturated rings. The molecule has 1 saturated heterocycles. The minimum Gasteiger partial charge on any atom is -0.361 e. The van der Waals surface area contributed by atoms with Crippen molar-refractivity contribution in [3.05, 3.63) is 36.0 Å². The second-order valence-electron chi connectivity index (χ2n) is 5.39. The number of hydrogen-bond donors (Lipinski definition) is 1. The Bertz CT molecular complexity index is 524. The number of nitrogens with one attached hydrogen (secondary N) is 1. The molecule has 0 aliphatic carbocycles. The molecule has 2 heterocycles. The maximum atomic E-state index is 3.37. The topological polar surface area (TPSA) is 22.3 Å². The molecule has 0 radical (unpaired) electrons. The largest absolute Gasteiger partial charge is 0.361 e. The molecule has 0 saturated carbocycles. The predicted molar refractivity (Wildman–Crippen MR) is 80.6 cm³/mol. The fourth-order valence-corrected chi connectivity index (χ4v) is 2.95. The number of piperazine rings is 1. The second-order valence-corrected chi connectivity index (χ2v) is 5.39. The Morgan fingerprint density at radius 3 is 2.58 bits per heavy atom. The molecule has 1 aliphatic rings. The third kappa shape index (κ3) is 2.82. The third-order valence-corrected chi connectivity index (χ3v) is 4.28. The van der Waals surface area contributed by atoms with E-state index >= 15 is 0 Å². The van der Waals surface area contributed by atoms with Crippen LogP contribution in [0.2, 0.25) is 0 Å². The Morgan fingerprint density at radius 2 is 1.79 bits per heavy atom. The van der Waals surface area contributed by atoms with Gasteiger partial charge in [0.05, 0.1) is 0 Å². The lowest BCUT2D eigenvalue weighted by Gasteiger charge is -2.33. The first-order chi connectivity index (χ1) is 9.36. The second kappa shape index (κ2) is 5.76. The lowest BCUT2D eigenvalue weighted by atomic mass is 10.1. The summed E-state index contributed by atoms with van der Waals surface area (Å²) in [7, 11) is 0. The number of benzene rings is 1. The van der Waals surface area contributed by atoms with Gasteiger partial charge in [-0.05, 0) is 24.6 Å². The Balaban J connectivity index is 1.58. The van der Waals surface area contributed by atoms with Gasteiger partial charge >= 0.3 is 0 Å². The first-order valence-corrected chi connectivity index (χ1v) is 7.36. The third-order valence-electron chi connectivity index (χ3n) is 4.28. The van der Waals surface area contributed by atoms with E-state index in [-0.39, 0.29) is 0 Å². The van der Waals surface area contributed by atoms with E-state index in [9.17, 15) is 0 Å². The fourth-order valence-electron chi connectivity index (χ4n) is 2.95. The maximum absolute atomic E-state index is 3.37. The van der Waals surface area contributed by atoms with E-state index in [0.29, 0.717) is 0 Å². The van der Waals surface area contributed by atoms with Gasteiger partial charge in [0.1, 0.15) is 0 Å². The van der Waals surface area contributed by atoms with Crippen LogP contribution < -0.4 is 0 Å². The minimum atomic E-state index is 1.15. The van der Waals surface area contributed by atoms with Crippen LogP contribution in [0.4, 0.5) is 0 Å². The number of rotatable bonds is 4. The van der Waals surface area contributed by atoms with E-state index in [1.165, 1.54) is 55.7 Å². The zero-order chi connectivity index (χ0) is 13.1. The molecule has 2 aromatic rings. The van der Waals surface area contributed by atoms with Crippen LogP contribution in [-0.2, 0) is 6.42 Å². The lowest BCUT2D eigenvalue weighted by Crippen LogP contribution is -2.46.